The van der Waals surface area contributed by atoms with E-state index in [2.05, 4.69) is 4.98 Å². The number of aryl methyl sites for hydroxylation is 1. The number of ether oxygens (including phenoxy) is 4. The first kappa shape index (κ1) is 28.4. The Morgan fingerprint density at radius 3 is 2.66 bits per heavy atom. The van der Waals surface area contributed by atoms with Crippen molar-refractivity contribution in [2.75, 3.05) is 34.0 Å². The van der Waals surface area contributed by atoms with E-state index in [9.17, 15) is 9.59 Å². The van der Waals surface area contributed by atoms with Gasteiger partial charge in [-0.1, -0.05) is 48.6 Å². The van der Waals surface area contributed by atoms with Gasteiger partial charge < -0.3 is 23.9 Å². The second-order valence-corrected chi connectivity index (χ2v) is 10.7. The lowest BCUT2D eigenvalue weighted by atomic mass is 9.94. The van der Waals surface area contributed by atoms with Crippen LogP contribution in [0.5, 0.6) is 11.5 Å². The topological polar surface area (TPSA) is 104 Å². The maximum absolute atomic E-state index is 14.2. The zero-order valence-corrected chi connectivity index (χ0v) is 24.6. The molecule has 214 valence electrons. The molecule has 4 aromatic rings. The van der Waals surface area contributed by atoms with Gasteiger partial charge in [-0.25, -0.2) is 9.79 Å². The Morgan fingerprint density at radius 1 is 1.10 bits per heavy atom. The van der Waals surface area contributed by atoms with Crippen LogP contribution in [0.1, 0.15) is 43.1 Å². The lowest BCUT2D eigenvalue weighted by Gasteiger charge is -2.27. The van der Waals surface area contributed by atoms with E-state index in [4.69, 9.17) is 23.9 Å². The number of aromatic amines is 1. The molecule has 0 aliphatic carbocycles. The third-order valence-electron chi connectivity index (χ3n) is 6.96. The van der Waals surface area contributed by atoms with E-state index >= 15 is 0 Å². The molecule has 0 amide bonds. The molecule has 0 saturated heterocycles. The molecule has 2 aromatic carbocycles. The van der Waals surface area contributed by atoms with Crippen LogP contribution in [0.25, 0.3) is 17.0 Å². The summed E-state index contributed by atoms with van der Waals surface area (Å²) in [5, 5.41) is 1.02. The minimum absolute atomic E-state index is 0.0698. The van der Waals surface area contributed by atoms with E-state index in [1.54, 1.807) is 24.7 Å². The summed E-state index contributed by atoms with van der Waals surface area (Å²) in [7, 11) is 3.10. The fourth-order valence-electron chi connectivity index (χ4n) is 5.06. The molecule has 0 fully saturated rings. The van der Waals surface area contributed by atoms with Crippen molar-refractivity contribution < 1.29 is 23.7 Å². The number of rotatable bonds is 10. The van der Waals surface area contributed by atoms with Gasteiger partial charge in [0.1, 0.15) is 12.6 Å². The predicted octanol–water partition coefficient (Wildman–Crippen LogP) is 4.01. The number of nitrogens with one attached hydrogen (secondary N) is 1. The fraction of sp³-hybridized carbons (Fsp3) is 0.323. The Balaban J connectivity index is 1.75. The fourth-order valence-corrected chi connectivity index (χ4v) is 6.08. The number of esters is 1. The number of hydrogen-bond donors (Lipinski definition) is 1. The van der Waals surface area contributed by atoms with Gasteiger partial charge >= 0.3 is 5.97 Å². The summed E-state index contributed by atoms with van der Waals surface area (Å²) in [6.45, 7) is 6.50. The smallest absolute Gasteiger partial charge is 0.338 e. The van der Waals surface area contributed by atoms with Gasteiger partial charge in [-0.3, -0.25) is 9.36 Å². The summed E-state index contributed by atoms with van der Waals surface area (Å²) in [6, 6.07) is 12.6. The molecular formula is C31H33N3O6S. The molecular weight excluding hydrogens is 542 g/mol. The van der Waals surface area contributed by atoms with Crippen LogP contribution in [0.2, 0.25) is 0 Å². The number of carbonyl (C=O) groups excluding carboxylic acids is 1. The minimum Gasteiger partial charge on any atom is -0.493 e. The summed E-state index contributed by atoms with van der Waals surface area (Å²) in [5.74, 6) is 0.411. The van der Waals surface area contributed by atoms with Crippen LogP contribution < -0.4 is 24.4 Å². The Kier molecular flexibility index (Phi) is 8.41. The number of nitrogens with zero attached hydrogens (tertiary/aromatic N) is 2. The lowest BCUT2D eigenvalue weighted by molar-refractivity contribution is -0.140. The molecule has 5 rings (SSSR count). The van der Waals surface area contributed by atoms with Gasteiger partial charge in [-0.2, -0.15) is 0 Å². The number of aromatic nitrogens is 2. The molecule has 9 nitrogen and oxygen atoms in total. The second kappa shape index (κ2) is 12.2. The van der Waals surface area contributed by atoms with Gasteiger partial charge in [-0.05, 0) is 38.5 Å². The highest BCUT2D eigenvalue weighted by atomic mass is 32.1. The second-order valence-electron chi connectivity index (χ2n) is 9.65. The Bertz CT molecular complexity index is 1810. The number of allylic oxidation sites excluding steroid dienone is 1. The standard InChI is InChI=1S/C31H33N3O6S/c1-6-14-39-28-21(11-9-13-24(28)38-5)27-26(30(36)40-16-15-37-4)19(3)33-31-34(27)29(35)25(41-31)17-22-18(2)32-23-12-8-7-10-20(22)23/h7-13,17,27,32H,6,14-16H2,1-5H3/b25-17+/t27-/m0/s1. The number of methoxy groups -OCH3 is 2. The molecule has 10 heteroatoms. The van der Waals surface area contributed by atoms with Crippen molar-refractivity contribution in [3.8, 4) is 11.5 Å². The molecule has 0 spiro atoms. The molecule has 1 aliphatic rings. The van der Waals surface area contributed by atoms with Crippen LogP contribution in [0.4, 0.5) is 0 Å². The first-order valence-electron chi connectivity index (χ1n) is 13.4. The summed E-state index contributed by atoms with van der Waals surface area (Å²) in [6.07, 6.45) is 2.66. The van der Waals surface area contributed by atoms with Crippen LogP contribution in [-0.2, 0) is 14.3 Å². The van der Waals surface area contributed by atoms with Crippen LogP contribution in [0.3, 0.4) is 0 Å². The van der Waals surface area contributed by atoms with Crippen molar-refractivity contribution in [3.05, 3.63) is 90.2 Å². The SMILES string of the molecule is CCCOc1c(OC)cccc1[C@H]1C(C(=O)OCCOC)=C(C)N=c2s/c(=C/c3c(C)[nH]c4ccccc34)c(=O)n21. The van der Waals surface area contributed by atoms with Gasteiger partial charge in [0.05, 0.1) is 36.1 Å². The van der Waals surface area contributed by atoms with E-state index in [1.807, 2.05) is 56.3 Å². The largest absolute Gasteiger partial charge is 0.493 e. The third-order valence-corrected chi connectivity index (χ3v) is 7.94. The molecule has 1 atom stereocenters. The maximum Gasteiger partial charge on any atom is 0.338 e. The Morgan fingerprint density at radius 2 is 1.90 bits per heavy atom. The summed E-state index contributed by atoms with van der Waals surface area (Å²) < 4.78 is 24.5. The van der Waals surface area contributed by atoms with Crippen molar-refractivity contribution in [1.29, 1.82) is 0 Å². The molecule has 0 saturated carbocycles. The monoisotopic (exact) mass is 575 g/mol. The normalized spacial score (nSPS) is 15.1. The van der Waals surface area contributed by atoms with E-state index in [1.165, 1.54) is 18.4 Å². The van der Waals surface area contributed by atoms with Crippen LogP contribution in [-0.4, -0.2) is 49.6 Å². The van der Waals surface area contributed by atoms with Gasteiger partial charge in [0, 0.05) is 34.8 Å². The average molecular weight is 576 g/mol. The van der Waals surface area contributed by atoms with E-state index in [0.717, 1.165) is 28.6 Å². The van der Waals surface area contributed by atoms with E-state index in [-0.39, 0.29) is 24.3 Å². The molecule has 1 N–H and O–H groups in total. The van der Waals surface area contributed by atoms with Crippen molar-refractivity contribution in [1.82, 2.24) is 9.55 Å². The van der Waals surface area contributed by atoms with Crippen LogP contribution >= 0.6 is 11.3 Å². The van der Waals surface area contributed by atoms with Crippen molar-refractivity contribution in [2.24, 2.45) is 4.99 Å². The van der Waals surface area contributed by atoms with Gasteiger partial charge in [0.15, 0.2) is 16.3 Å². The molecule has 3 heterocycles. The Hall–Kier alpha value is -4.15. The number of para-hydroxylation sites is 2. The van der Waals surface area contributed by atoms with E-state index < -0.39 is 12.0 Å². The quantitative estimate of drug-likeness (QED) is 0.226. The number of benzene rings is 2. The van der Waals surface area contributed by atoms with Crippen molar-refractivity contribution in [2.45, 2.75) is 33.2 Å². The van der Waals surface area contributed by atoms with Gasteiger partial charge in [0.2, 0.25) is 0 Å². The van der Waals surface area contributed by atoms with Crippen LogP contribution in [0.15, 0.2) is 63.5 Å². The summed E-state index contributed by atoms with van der Waals surface area (Å²) in [5.41, 5.74) is 3.97. The third kappa shape index (κ3) is 5.32. The molecule has 2 aromatic heterocycles. The van der Waals surface area contributed by atoms with Gasteiger partial charge in [-0.15, -0.1) is 0 Å². The first-order chi connectivity index (χ1) is 19.9. The molecule has 41 heavy (non-hydrogen) atoms. The predicted molar refractivity (Wildman–Crippen MR) is 158 cm³/mol. The number of thiazole rings is 1. The van der Waals surface area contributed by atoms with Crippen molar-refractivity contribution in [3.63, 3.8) is 0 Å². The number of hydrogen-bond acceptors (Lipinski definition) is 8. The molecule has 0 bridgehead atoms. The molecule has 0 radical (unpaired) electrons. The highest BCUT2D eigenvalue weighted by Crippen LogP contribution is 2.41. The summed E-state index contributed by atoms with van der Waals surface area (Å²) in [4.78, 5) is 36.3. The average Bonchev–Trinajstić information content (AvgIpc) is 3.45. The van der Waals surface area contributed by atoms with Crippen LogP contribution in [0, 0.1) is 6.92 Å². The lowest BCUT2D eigenvalue weighted by Crippen LogP contribution is -2.40. The number of H-pyrrole nitrogens is 1. The maximum atomic E-state index is 14.2. The van der Waals surface area contributed by atoms with Gasteiger partial charge in [0.25, 0.3) is 5.56 Å². The highest BCUT2D eigenvalue weighted by Gasteiger charge is 2.36. The zero-order chi connectivity index (χ0) is 29.1. The molecule has 0 unspecified atom stereocenters. The first-order valence-corrected chi connectivity index (χ1v) is 14.3. The number of carbonyl (C=O) groups is 1. The zero-order valence-electron chi connectivity index (χ0n) is 23.8. The number of fused-ring (bicyclic) bond motifs is 2. The highest BCUT2D eigenvalue weighted by molar-refractivity contribution is 7.07. The minimum atomic E-state index is -0.838. The van der Waals surface area contributed by atoms with Crippen molar-refractivity contribution >= 4 is 34.3 Å². The summed E-state index contributed by atoms with van der Waals surface area (Å²) >= 11 is 1.28. The van der Waals surface area contributed by atoms with E-state index in [0.29, 0.717) is 38.7 Å². The molecule has 1 aliphatic heterocycles. The Labute approximate surface area is 241 Å².